The summed E-state index contributed by atoms with van der Waals surface area (Å²) in [6.07, 6.45) is 4.69. The average molecular weight is 263 g/mol. The van der Waals surface area contributed by atoms with Gasteiger partial charge in [-0.2, -0.15) is 0 Å². The molecular formula is C13H13NO3S. The zero-order chi connectivity index (χ0) is 12.7. The molecule has 0 unspecified atom stereocenters. The molecule has 0 aliphatic heterocycles. The van der Waals surface area contributed by atoms with Crippen molar-refractivity contribution in [2.45, 2.75) is 32.6 Å². The van der Waals surface area contributed by atoms with Crippen LogP contribution in [0.3, 0.4) is 0 Å². The molecule has 1 aliphatic carbocycles. The normalized spacial score (nSPS) is 14.5. The van der Waals surface area contributed by atoms with Gasteiger partial charge in [-0.1, -0.05) is 0 Å². The van der Waals surface area contributed by atoms with E-state index in [9.17, 15) is 4.79 Å². The molecule has 0 aromatic carbocycles. The fourth-order valence-electron chi connectivity index (χ4n) is 2.30. The van der Waals surface area contributed by atoms with Crippen LogP contribution in [-0.4, -0.2) is 16.1 Å². The topological polar surface area (TPSA) is 63.3 Å². The molecule has 0 fully saturated rings. The van der Waals surface area contributed by atoms with Gasteiger partial charge in [0.2, 0.25) is 5.89 Å². The van der Waals surface area contributed by atoms with Crippen LogP contribution in [0.25, 0.3) is 10.8 Å². The lowest BCUT2D eigenvalue weighted by Gasteiger charge is -2.08. The number of oxazole rings is 1. The number of hydrogen-bond acceptors (Lipinski definition) is 4. The number of carboxylic acids is 1. The molecule has 0 radical (unpaired) electrons. The number of carbonyl (C=O) groups is 1. The number of thiophene rings is 1. The van der Waals surface area contributed by atoms with Crippen LogP contribution in [0.5, 0.6) is 0 Å². The SMILES string of the molecule is Cc1oc(-c2cc3c(s2)CCCC3)nc1C(=O)O. The number of aryl methyl sites for hydroxylation is 3. The summed E-state index contributed by atoms with van der Waals surface area (Å²) in [5.41, 5.74) is 1.38. The summed E-state index contributed by atoms with van der Waals surface area (Å²) in [5.74, 6) is -0.239. The molecule has 0 atom stereocenters. The molecule has 0 bridgehead atoms. The van der Waals surface area contributed by atoms with Crippen molar-refractivity contribution >= 4 is 17.3 Å². The minimum absolute atomic E-state index is 0.0105. The predicted octanol–water partition coefficient (Wildman–Crippen LogP) is 3.29. The number of carboxylic acid groups (broad SMARTS) is 1. The van der Waals surface area contributed by atoms with Gasteiger partial charge >= 0.3 is 5.97 Å². The standard InChI is InChI=1S/C13H13NO3S/c1-7-11(13(15)16)14-12(17-7)10-6-8-4-2-3-5-9(8)18-10/h6H,2-5H2,1H3,(H,15,16). The molecule has 0 spiro atoms. The summed E-state index contributed by atoms with van der Waals surface area (Å²) in [7, 11) is 0. The van der Waals surface area contributed by atoms with Crippen molar-refractivity contribution in [2.75, 3.05) is 0 Å². The minimum Gasteiger partial charge on any atom is -0.476 e. The Morgan fingerprint density at radius 1 is 1.44 bits per heavy atom. The molecule has 4 nitrogen and oxygen atoms in total. The van der Waals surface area contributed by atoms with Gasteiger partial charge in [-0.3, -0.25) is 0 Å². The number of nitrogens with zero attached hydrogens (tertiary/aromatic N) is 1. The van der Waals surface area contributed by atoms with Crippen molar-refractivity contribution in [1.29, 1.82) is 0 Å². The molecule has 94 valence electrons. The summed E-state index contributed by atoms with van der Waals surface area (Å²) in [6, 6.07) is 2.09. The first kappa shape index (κ1) is 11.5. The van der Waals surface area contributed by atoms with Crippen molar-refractivity contribution in [2.24, 2.45) is 0 Å². The molecule has 2 heterocycles. The summed E-state index contributed by atoms with van der Waals surface area (Å²) in [5, 5.41) is 8.97. The summed E-state index contributed by atoms with van der Waals surface area (Å²) in [4.78, 5) is 17.3. The van der Waals surface area contributed by atoms with Crippen LogP contribution in [0.1, 0.15) is 39.5 Å². The Morgan fingerprint density at radius 3 is 2.89 bits per heavy atom. The molecule has 2 aromatic heterocycles. The number of aromatic nitrogens is 1. The Morgan fingerprint density at radius 2 is 2.22 bits per heavy atom. The Balaban J connectivity index is 2.02. The van der Waals surface area contributed by atoms with Gasteiger partial charge in [-0.15, -0.1) is 11.3 Å². The molecule has 18 heavy (non-hydrogen) atoms. The number of hydrogen-bond donors (Lipinski definition) is 1. The van der Waals surface area contributed by atoms with Crippen molar-refractivity contribution in [3.63, 3.8) is 0 Å². The van der Waals surface area contributed by atoms with Crippen LogP contribution in [-0.2, 0) is 12.8 Å². The third-order valence-electron chi connectivity index (χ3n) is 3.21. The summed E-state index contributed by atoms with van der Waals surface area (Å²) in [6.45, 7) is 1.63. The number of fused-ring (bicyclic) bond motifs is 1. The van der Waals surface area contributed by atoms with E-state index < -0.39 is 5.97 Å². The van der Waals surface area contributed by atoms with E-state index in [2.05, 4.69) is 11.1 Å². The maximum Gasteiger partial charge on any atom is 0.358 e. The lowest BCUT2D eigenvalue weighted by Crippen LogP contribution is -1.98. The van der Waals surface area contributed by atoms with Crippen LogP contribution >= 0.6 is 11.3 Å². The van der Waals surface area contributed by atoms with Crippen molar-refractivity contribution < 1.29 is 14.3 Å². The lowest BCUT2D eigenvalue weighted by atomic mass is 9.99. The largest absolute Gasteiger partial charge is 0.476 e. The Kier molecular flexibility index (Phi) is 2.70. The highest BCUT2D eigenvalue weighted by molar-refractivity contribution is 7.15. The first-order valence-corrected chi connectivity index (χ1v) is 6.79. The van der Waals surface area contributed by atoms with Gasteiger partial charge in [0.1, 0.15) is 5.76 Å². The van der Waals surface area contributed by atoms with E-state index in [1.807, 2.05) is 0 Å². The number of rotatable bonds is 2. The zero-order valence-electron chi connectivity index (χ0n) is 10.0. The molecule has 3 rings (SSSR count). The predicted molar refractivity (Wildman–Crippen MR) is 68.2 cm³/mol. The highest BCUT2D eigenvalue weighted by atomic mass is 32.1. The number of aromatic carboxylic acids is 1. The van der Waals surface area contributed by atoms with Gasteiger partial charge in [0.25, 0.3) is 0 Å². The molecule has 1 aliphatic rings. The highest BCUT2D eigenvalue weighted by Crippen LogP contribution is 2.35. The molecule has 5 heteroatoms. The fraction of sp³-hybridized carbons (Fsp3) is 0.385. The molecule has 0 saturated heterocycles. The second kappa shape index (κ2) is 4.24. The quantitative estimate of drug-likeness (QED) is 0.903. The lowest BCUT2D eigenvalue weighted by molar-refractivity contribution is 0.0689. The van der Waals surface area contributed by atoms with Crippen LogP contribution in [0.2, 0.25) is 0 Å². The highest BCUT2D eigenvalue weighted by Gasteiger charge is 2.20. The molecule has 0 saturated carbocycles. The molecule has 2 aromatic rings. The third-order valence-corrected chi connectivity index (χ3v) is 4.43. The van der Waals surface area contributed by atoms with E-state index in [4.69, 9.17) is 9.52 Å². The summed E-state index contributed by atoms with van der Waals surface area (Å²) < 4.78 is 5.46. The molecule has 1 N–H and O–H groups in total. The van der Waals surface area contributed by atoms with Gasteiger partial charge in [-0.25, -0.2) is 9.78 Å². The zero-order valence-corrected chi connectivity index (χ0v) is 10.8. The third kappa shape index (κ3) is 1.84. The molecule has 0 amide bonds. The smallest absolute Gasteiger partial charge is 0.358 e. The maximum absolute atomic E-state index is 10.9. The second-order valence-electron chi connectivity index (χ2n) is 4.50. The fourth-order valence-corrected chi connectivity index (χ4v) is 3.48. The van der Waals surface area contributed by atoms with Gasteiger partial charge < -0.3 is 9.52 Å². The van der Waals surface area contributed by atoms with E-state index in [1.165, 1.54) is 23.3 Å². The van der Waals surface area contributed by atoms with Crippen LogP contribution in [0.15, 0.2) is 10.5 Å². The second-order valence-corrected chi connectivity index (χ2v) is 5.63. The first-order chi connectivity index (χ1) is 8.65. The first-order valence-electron chi connectivity index (χ1n) is 5.98. The van der Waals surface area contributed by atoms with Crippen LogP contribution in [0, 0.1) is 6.92 Å². The summed E-state index contributed by atoms with van der Waals surface area (Å²) >= 11 is 1.67. The van der Waals surface area contributed by atoms with Crippen LogP contribution < -0.4 is 0 Å². The average Bonchev–Trinajstić information content (AvgIpc) is 2.91. The monoisotopic (exact) mass is 263 g/mol. The Labute approximate surface area is 108 Å². The maximum atomic E-state index is 10.9. The van der Waals surface area contributed by atoms with Gasteiger partial charge in [0.05, 0.1) is 4.88 Å². The Bertz CT molecular complexity index is 588. The van der Waals surface area contributed by atoms with Gasteiger partial charge in [-0.05, 0) is 44.2 Å². The minimum atomic E-state index is -1.04. The van der Waals surface area contributed by atoms with E-state index in [-0.39, 0.29) is 5.69 Å². The Hall–Kier alpha value is -1.62. The van der Waals surface area contributed by atoms with Gasteiger partial charge in [0.15, 0.2) is 5.69 Å². The molecular weight excluding hydrogens is 250 g/mol. The van der Waals surface area contributed by atoms with E-state index in [0.29, 0.717) is 11.7 Å². The van der Waals surface area contributed by atoms with Crippen molar-refractivity contribution in [1.82, 2.24) is 4.98 Å². The van der Waals surface area contributed by atoms with E-state index in [1.54, 1.807) is 18.3 Å². The van der Waals surface area contributed by atoms with Crippen LogP contribution in [0.4, 0.5) is 0 Å². The van der Waals surface area contributed by atoms with Crippen molar-refractivity contribution in [3.8, 4) is 10.8 Å². The van der Waals surface area contributed by atoms with E-state index >= 15 is 0 Å². The van der Waals surface area contributed by atoms with Gasteiger partial charge in [0, 0.05) is 4.88 Å². The van der Waals surface area contributed by atoms with E-state index in [0.717, 1.165) is 17.7 Å². The van der Waals surface area contributed by atoms with Crippen molar-refractivity contribution in [3.05, 3.63) is 28.0 Å².